The van der Waals surface area contributed by atoms with E-state index in [1.807, 2.05) is 50.2 Å². The lowest BCUT2D eigenvalue weighted by atomic mass is 10.2. The molecule has 0 radical (unpaired) electrons. The number of fused-ring (bicyclic) bond motifs is 1. The molecule has 21 heavy (non-hydrogen) atoms. The molecule has 0 aliphatic heterocycles. The van der Waals surface area contributed by atoms with Crippen LogP contribution in [0.2, 0.25) is 5.02 Å². The standard InChI is InChI=1S/C17H14ClNOS/c1-10-3-6-12(7-4-10)19-17(20)16-15(18)13-8-5-11(2)9-14(13)21-16/h3-9H,1-2H3,(H,19,20). The van der Waals surface area contributed by atoms with Crippen molar-refractivity contribution in [3.63, 3.8) is 0 Å². The average molecular weight is 316 g/mol. The van der Waals surface area contributed by atoms with Gasteiger partial charge in [0.2, 0.25) is 0 Å². The lowest BCUT2D eigenvalue weighted by molar-refractivity contribution is 0.103. The molecule has 2 nitrogen and oxygen atoms in total. The first-order valence-corrected chi connectivity index (χ1v) is 7.81. The third-order valence-electron chi connectivity index (χ3n) is 3.30. The van der Waals surface area contributed by atoms with Crippen LogP contribution in [0.15, 0.2) is 42.5 Å². The highest BCUT2D eigenvalue weighted by Crippen LogP contribution is 2.36. The van der Waals surface area contributed by atoms with Gasteiger partial charge in [0.1, 0.15) is 4.88 Å². The number of carbonyl (C=O) groups is 1. The summed E-state index contributed by atoms with van der Waals surface area (Å²) in [4.78, 5) is 12.9. The maximum absolute atomic E-state index is 12.4. The largest absolute Gasteiger partial charge is 0.321 e. The van der Waals surface area contributed by atoms with Gasteiger partial charge >= 0.3 is 0 Å². The van der Waals surface area contributed by atoms with Crippen LogP contribution in [-0.2, 0) is 0 Å². The maximum Gasteiger partial charge on any atom is 0.267 e. The van der Waals surface area contributed by atoms with Crippen LogP contribution < -0.4 is 5.32 Å². The molecule has 0 saturated heterocycles. The highest BCUT2D eigenvalue weighted by molar-refractivity contribution is 7.21. The zero-order chi connectivity index (χ0) is 15.0. The first-order chi connectivity index (χ1) is 10.0. The van der Waals surface area contributed by atoms with Crippen molar-refractivity contribution in [2.24, 2.45) is 0 Å². The molecule has 0 saturated carbocycles. The minimum atomic E-state index is -0.164. The van der Waals surface area contributed by atoms with Gasteiger partial charge in [-0.05, 0) is 37.6 Å². The van der Waals surface area contributed by atoms with E-state index in [1.54, 1.807) is 0 Å². The second-order valence-corrected chi connectivity index (χ2v) is 6.50. The van der Waals surface area contributed by atoms with Crippen molar-refractivity contribution in [1.29, 1.82) is 0 Å². The van der Waals surface area contributed by atoms with E-state index < -0.39 is 0 Å². The number of anilines is 1. The minimum Gasteiger partial charge on any atom is -0.321 e. The average Bonchev–Trinajstić information content (AvgIpc) is 2.78. The molecule has 0 aliphatic rings. The van der Waals surface area contributed by atoms with Gasteiger partial charge in [-0.25, -0.2) is 0 Å². The fraction of sp³-hybridized carbons (Fsp3) is 0.118. The fourth-order valence-electron chi connectivity index (χ4n) is 2.14. The molecule has 1 amide bonds. The van der Waals surface area contributed by atoms with Crippen molar-refractivity contribution < 1.29 is 4.79 Å². The molecule has 0 unspecified atom stereocenters. The van der Waals surface area contributed by atoms with E-state index >= 15 is 0 Å². The molecule has 4 heteroatoms. The Balaban J connectivity index is 1.94. The first-order valence-electron chi connectivity index (χ1n) is 6.61. The molecule has 1 N–H and O–H groups in total. The van der Waals surface area contributed by atoms with Gasteiger partial charge in [-0.1, -0.05) is 41.4 Å². The molecule has 3 aromatic rings. The summed E-state index contributed by atoms with van der Waals surface area (Å²) in [5, 5.41) is 4.35. The van der Waals surface area contributed by atoms with Gasteiger partial charge in [-0.3, -0.25) is 4.79 Å². The van der Waals surface area contributed by atoms with Crippen LogP contribution >= 0.6 is 22.9 Å². The summed E-state index contributed by atoms with van der Waals surface area (Å²) < 4.78 is 1.04. The minimum absolute atomic E-state index is 0.164. The van der Waals surface area contributed by atoms with E-state index in [-0.39, 0.29) is 5.91 Å². The summed E-state index contributed by atoms with van der Waals surface area (Å²) in [5.74, 6) is -0.164. The van der Waals surface area contributed by atoms with Crippen LogP contribution in [0.4, 0.5) is 5.69 Å². The quantitative estimate of drug-likeness (QED) is 0.671. The van der Waals surface area contributed by atoms with Crippen molar-refractivity contribution in [3.05, 3.63) is 63.5 Å². The van der Waals surface area contributed by atoms with Gasteiger partial charge in [0.15, 0.2) is 0 Å². The number of carbonyl (C=O) groups excluding carboxylic acids is 1. The molecule has 0 bridgehead atoms. The monoisotopic (exact) mass is 315 g/mol. The van der Waals surface area contributed by atoms with Crippen LogP contribution in [0.1, 0.15) is 20.8 Å². The summed E-state index contributed by atoms with van der Waals surface area (Å²) in [6, 6.07) is 13.7. The Morgan fingerprint density at radius 1 is 1.05 bits per heavy atom. The van der Waals surface area contributed by atoms with E-state index in [2.05, 4.69) is 11.4 Å². The number of aryl methyl sites for hydroxylation is 2. The predicted molar refractivity (Wildman–Crippen MR) is 90.7 cm³/mol. The van der Waals surface area contributed by atoms with E-state index in [1.165, 1.54) is 11.3 Å². The Hall–Kier alpha value is -1.84. The van der Waals surface area contributed by atoms with Crippen molar-refractivity contribution in [2.45, 2.75) is 13.8 Å². The smallest absolute Gasteiger partial charge is 0.267 e. The third kappa shape index (κ3) is 2.80. The van der Waals surface area contributed by atoms with Crippen molar-refractivity contribution >= 4 is 44.6 Å². The lowest BCUT2D eigenvalue weighted by Crippen LogP contribution is -2.10. The molecular weight excluding hydrogens is 302 g/mol. The molecule has 3 rings (SSSR count). The first kappa shape index (κ1) is 14.1. The highest BCUT2D eigenvalue weighted by Gasteiger charge is 2.17. The Morgan fingerprint density at radius 2 is 1.71 bits per heavy atom. The molecule has 1 heterocycles. The van der Waals surface area contributed by atoms with Gasteiger partial charge in [0.05, 0.1) is 5.02 Å². The SMILES string of the molecule is Cc1ccc(NC(=O)c2sc3cc(C)ccc3c2Cl)cc1. The third-order valence-corrected chi connectivity index (χ3v) is 4.96. The van der Waals surface area contributed by atoms with Crippen LogP contribution in [0, 0.1) is 13.8 Å². The van der Waals surface area contributed by atoms with E-state index in [0.29, 0.717) is 9.90 Å². The van der Waals surface area contributed by atoms with E-state index in [0.717, 1.165) is 26.9 Å². The fourth-order valence-corrected chi connectivity index (χ4v) is 3.65. The van der Waals surface area contributed by atoms with Crippen LogP contribution in [-0.4, -0.2) is 5.91 Å². The van der Waals surface area contributed by atoms with E-state index in [9.17, 15) is 4.79 Å². The molecule has 0 spiro atoms. The normalized spacial score (nSPS) is 10.8. The summed E-state index contributed by atoms with van der Waals surface area (Å²) in [7, 11) is 0. The summed E-state index contributed by atoms with van der Waals surface area (Å²) in [5.41, 5.74) is 3.09. The number of halogens is 1. The Bertz CT molecular complexity index is 821. The van der Waals surface area contributed by atoms with Crippen LogP contribution in [0.25, 0.3) is 10.1 Å². The van der Waals surface area contributed by atoms with Crippen molar-refractivity contribution in [3.8, 4) is 0 Å². The second-order valence-electron chi connectivity index (χ2n) is 5.06. The van der Waals surface area contributed by atoms with Crippen molar-refractivity contribution in [1.82, 2.24) is 0 Å². The molecule has 0 atom stereocenters. The van der Waals surface area contributed by atoms with Gasteiger partial charge in [-0.15, -0.1) is 11.3 Å². The molecule has 106 valence electrons. The number of thiophene rings is 1. The number of nitrogens with one attached hydrogen (secondary N) is 1. The molecular formula is C17H14ClNOS. The summed E-state index contributed by atoms with van der Waals surface area (Å²) in [6.07, 6.45) is 0. The zero-order valence-corrected chi connectivity index (χ0v) is 13.3. The number of hydrogen-bond donors (Lipinski definition) is 1. The van der Waals surface area contributed by atoms with Gasteiger partial charge in [0.25, 0.3) is 5.91 Å². The number of hydrogen-bond acceptors (Lipinski definition) is 2. The predicted octanol–water partition coefficient (Wildman–Crippen LogP) is 5.42. The highest BCUT2D eigenvalue weighted by atomic mass is 35.5. The summed E-state index contributed by atoms with van der Waals surface area (Å²) in [6.45, 7) is 4.04. The second kappa shape index (κ2) is 5.51. The number of rotatable bonds is 2. The molecule has 1 aromatic heterocycles. The molecule has 0 aliphatic carbocycles. The van der Waals surface area contributed by atoms with Crippen LogP contribution in [0.3, 0.4) is 0 Å². The van der Waals surface area contributed by atoms with Crippen molar-refractivity contribution in [2.75, 3.05) is 5.32 Å². The Kier molecular flexibility index (Phi) is 3.70. The lowest BCUT2D eigenvalue weighted by Gasteiger charge is -2.04. The zero-order valence-electron chi connectivity index (χ0n) is 11.7. The number of benzene rings is 2. The maximum atomic E-state index is 12.4. The Labute approximate surface area is 132 Å². The molecule has 0 fully saturated rings. The number of amides is 1. The Morgan fingerprint density at radius 3 is 2.43 bits per heavy atom. The van der Waals surface area contributed by atoms with Gasteiger partial charge in [-0.2, -0.15) is 0 Å². The van der Waals surface area contributed by atoms with Gasteiger partial charge < -0.3 is 5.32 Å². The molecule has 2 aromatic carbocycles. The van der Waals surface area contributed by atoms with E-state index in [4.69, 9.17) is 11.6 Å². The topological polar surface area (TPSA) is 29.1 Å². The van der Waals surface area contributed by atoms with Gasteiger partial charge in [0, 0.05) is 15.8 Å². The van der Waals surface area contributed by atoms with Crippen LogP contribution in [0.5, 0.6) is 0 Å². The summed E-state index contributed by atoms with van der Waals surface area (Å²) >= 11 is 7.77.